The molecule has 1 aromatic carbocycles. The van der Waals surface area contributed by atoms with Crippen molar-refractivity contribution in [2.24, 2.45) is 0 Å². The molecule has 0 N–H and O–H groups in total. The average Bonchev–Trinajstić information content (AvgIpc) is 2.70. The van der Waals surface area contributed by atoms with Gasteiger partial charge in [0.1, 0.15) is 12.7 Å². The molecule has 1 aromatic heterocycles. The third-order valence-corrected chi connectivity index (χ3v) is 5.75. The van der Waals surface area contributed by atoms with Crippen LogP contribution in [0.4, 0.5) is 0 Å². The van der Waals surface area contributed by atoms with Gasteiger partial charge in [0.05, 0.1) is 11.1 Å². The predicted octanol–water partition coefficient (Wildman–Crippen LogP) is 1.99. The molecule has 6 heteroatoms. The maximum Gasteiger partial charge on any atom is 0.255 e. The molecule has 2 atom stereocenters. The van der Waals surface area contributed by atoms with Gasteiger partial charge in [-0.2, -0.15) is 0 Å². The molecule has 0 saturated carbocycles. The van der Waals surface area contributed by atoms with Crippen LogP contribution in [0.3, 0.4) is 0 Å². The van der Waals surface area contributed by atoms with E-state index >= 15 is 0 Å². The van der Waals surface area contributed by atoms with E-state index in [1.807, 2.05) is 60.2 Å². The van der Waals surface area contributed by atoms with Gasteiger partial charge < -0.3 is 14.5 Å². The molecule has 2 amide bonds. The molecule has 0 bridgehead atoms. The van der Waals surface area contributed by atoms with Gasteiger partial charge in [-0.15, -0.1) is 0 Å². The molecule has 0 spiro atoms. The number of aryl methyl sites for hydroxylation is 1. The number of hydrogen-bond donors (Lipinski definition) is 0. The van der Waals surface area contributed by atoms with Gasteiger partial charge >= 0.3 is 0 Å². The zero-order valence-corrected chi connectivity index (χ0v) is 15.6. The normalized spacial score (nSPS) is 25.3. The number of amides is 2. The number of carbonyl (C=O) groups excluding carboxylic acids is 2. The lowest BCUT2D eigenvalue weighted by Crippen LogP contribution is -2.67. The molecule has 3 heterocycles. The number of hydrogen-bond acceptors (Lipinski definition) is 4. The highest BCUT2D eigenvalue weighted by molar-refractivity contribution is 5.94. The Labute approximate surface area is 158 Å². The second kappa shape index (κ2) is 6.78. The van der Waals surface area contributed by atoms with E-state index in [1.54, 1.807) is 12.4 Å². The fourth-order valence-electron chi connectivity index (χ4n) is 4.26. The second-order valence-electron chi connectivity index (χ2n) is 7.29. The van der Waals surface area contributed by atoms with Crippen molar-refractivity contribution in [2.75, 3.05) is 26.7 Å². The lowest BCUT2D eigenvalue weighted by atomic mass is 9.76. The molecule has 6 nitrogen and oxygen atoms in total. The van der Waals surface area contributed by atoms with E-state index in [4.69, 9.17) is 4.74 Å². The van der Waals surface area contributed by atoms with Crippen LogP contribution in [0, 0.1) is 6.92 Å². The summed E-state index contributed by atoms with van der Waals surface area (Å²) in [4.78, 5) is 33.1. The highest BCUT2D eigenvalue weighted by Gasteiger charge is 2.53. The predicted molar refractivity (Wildman–Crippen MR) is 100 cm³/mol. The first kappa shape index (κ1) is 17.7. The van der Waals surface area contributed by atoms with Crippen molar-refractivity contribution < 1.29 is 14.3 Å². The van der Waals surface area contributed by atoms with E-state index in [0.717, 1.165) is 11.1 Å². The minimum absolute atomic E-state index is 0.0298. The van der Waals surface area contributed by atoms with E-state index in [9.17, 15) is 9.59 Å². The number of likely N-dealkylation sites (tertiary alicyclic amines) is 1. The van der Waals surface area contributed by atoms with Crippen LogP contribution >= 0.6 is 0 Å². The second-order valence-corrected chi connectivity index (χ2v) is 7.29. The molecule has 0 aliphatic carbocycles. The van der Waals surface area contributed by atoms with Gasteiger partial charge in [-0.25, -0.2) is 0 Å². The van der Waals surface area contributed by atoms with Gasteiger partial charge in [-0.05, 0) is 30.5 Å². The fraction of sp³-hybridized carbons (Fsp3) is 0.381. The quantitative estimate of drug-likeness (QED) is 0.817. The van der Waals surface area contributed by atoms with Crippen LogP contribution < -0.4 is 0 Å². The van der Waals surface area contributed by atoms with Crippen LogP contribution in [0.15, 0.2) is 48.8 Å². The molecule has 2 saturated heterocycles. The van der Waals surface area contributed by atoms with E-state index in [0.29, 0.717) is 25.1 Å². The summed E-state index contributed by atoms with van der Waals surface area (Å²) in [5.41, 5.74) is 2.05. The number of pyridine rings is 1. The highest BCUT2D eigenvalue weighted by Crippen LogP contribution is 2.42. The SMILES string of the molecule is Cc1cncc(C(=O)N2CC[C@]3(c4ccccc4)[C@@H](C2)OCC(=O)N3C)c1. The summed E-state index contributed by atoms with van der Waals surface area (Å²) < 4.78 is 5.96. The topological polar surface area (TPSA) is 62.7 Å². The standard InChI is InChI=1S/C21H23N3O3/c1-15-10-16(12-22-11-15)20(26)24-9-8-21(17-6-4-3-5-7-17)18(13-24)27-14-19(25)23(21)2/h3-7,10-12,18H,8-9,13-14H2,1-2H3/t18-,21+/m1/s1. The van der Waals surface area contributed by atoms with Crippen molar-refractivity contribution in [2.45, 2.75) is 25.0 Å². The van der Waals surface area contributed by atoms with Crippen LogP contribution in [0.25, 0.3) is 0 Å². The number of likely N-dealkylation sites (N-methyl/N-ethyl adjacent to an activating group) is 1. The average molecular weight is 365 g/mol. The highest BCUT2D eigenvalue weighted by atomic mass is 16.5. The lowest BCUT2D eigenvalue weighted by molar-refractivity contribution is -0.180. The molecule has 2 aliphatic heterocycles. The number of piperidine rings is 1. The first-order chi connectivity index (χ1) is 13.0. The van der Waals surface area contributed by atoms with Gasteiger partial charge in [-0.3, -0.25) is 14.6 Å². The molecular formula is C21H23N3O3. The van der Waals surface area contributed by atoms with E-state index < -0.39 is 5.54 Å². The van der Waals surface area contributed by atoms with Crippen molar-refractivity contribution in [1.29, 1.82) is 0 Å². The van der Waals surface area contributed by atoms with Gasteiger partial charge in [-0.1, -0.05) is 30.3 Å². The first-order valence-electron chi connectivity index (χ1n) is 9.17. The van der Waals surface area contributed by atoms with Gasteiger partial charge in [0, 0.05) is 32.5 Å². The Hall–Kier alpha value is -2.73. The Morgan fingerprint density at radius 2 is 2.04 bits per heavy atom. The number of carbonyl (C=O) groups is 2. The minimum Gasteiger partial charge on any atom is -0.364 e. The Bertz CT molecular complexity index is 870. The Balaban J connectivity index is 1.65. The number of morpholine rings is 1. The smallest absolute Gasteiger partial charge is 0.255 e. The Morgan fingerprint density at radius 3 is 2.78 bits per heavy atom. The monoisotopic (exact) mass is 365 g/mol. The molecule has 2 aromatic rings. The van der Waals surface area contributed by atoms with Crippen LogP contribution in [-0.4, -0.2) is 59.4 Å². The zero-order valence-electron chi connectivity index (χ0n) is 15.6. The summed E-state index contributed by atoms with van der Waals surface area (Å²) in [5, 5.41) is 0. The Morgan fingerprint density at radius 1 is 1.26 bits per heavy atom. The lowest BCUT2D eigenvalue weighted by Gasteiger charge is -2.54. The van der Waals surface area contributed by atoms with E-state index in [2.05, 4.69) is 4.98 Å². The van der Waals surface area contributed by atoms with Crippen molar-refractivity contribution in [3.8, 4) is 0 Å². The van der Waals surface area contributed by atoms with Crippen molar-refractivity contribution in [1.82, 2.24) is 14.8 Å². The summed E-state index contributed by atoms with van der Waals surface area (Å²) in [6.45, 7) is 2.97. The summed E-state index contributed by atoms with van der Waals surface area (Å²) in [7, 11) is 1.84. The summed E-state index contributed by atoms with van der Waals surface area (Å²) >= 11 is 0. The molecule has 27 heavy (non-hydrogen) atoms. The number of benzene rings is 1. The van der Waals surface area contributed by atoms with Crippen LogP contribution in [0.5, 0.6) is 0 Å². The first-order valence-corrected chi connectivity index (χ1v) is 9.17. The third-order valence-electron chi connectivity index (χ3n) is 5.75. The van der Waals surface area contributed by atoms with Crippen LogP contribution in [-0.2, 0) is 15.1 Å². The maximum absolute atomic E-state index is 13.0. The van der Waals surface area contributed by atoms with Crippen molar-refractivity contribution >= 4 is 11.8 Å². The maximum atomic E-state index is 13.0. The molecular weight excluding hydrogens is 342 g/mol. The fourth-order valence-corrected chi connectivity index (χ4v) is 4.26. The molecule has 2 aliphatic rings. The summed E-state index contributed by atoms with van der Waals surface area (Å²) in [6.07, 6.45) is 3.71. The Kier molecular flexibility index (Phi) is 4.44. The molecule has 0 radical (unpaired) electrons. The minimum atomic E-state index is -0.543. The van der Waals surface area contributed by atoms with Crippen molar-refractivity contribution in [3.63, 3.8) is 0 Å². The van der Waals surface area contributed by atoms with Gasteiger partial charge in [0.2, 0.25) is 5.91 Å². The number of fused-ring (bicyclic) bond motifs is 1. The summed E-state index contributed by atoms with van der Waals surface area (Å²) in [5.74, 6) is -0.0752. The molecule has 4 rings (SSSR count). The van der Waals surface area contributed by atoms with E-state index in [1.165, 1.54) is 0 Å². The van der Waals surface area contributed by atoms with E-state index in [-0.39, 0.29) is 24.5 Å². The van der Waals surface area contributed by atoms with Gasteiger partial charge in [0.15, 0.2) is 0 Å². The number of aromatic nitrogens is 1. The third kappa shape index (κ3) is 2.90. The zero-order chi connectivity index (χ0) is 19.0. The largest absolute Gasteiger partial charge is 0.364 e. The number of rotatable bonds is 2. The summed E-state index contributed by atoms with van der Waals surface area (Å²) in [6, 6.07) is 11.8. The number of nitrogens with zero attached hydrogens (tertiary/aromatic N) is 3. The molecule has 0 unspecified atom stereocenters. The molecule has 140 valence electrons. The van der Waals surface area contributed by atoms with Gasteiger partial charge in [0.25, 0.3) is 5.91 Å². The van der Waals surface area contributed by atoms with Crippen LogP contribution in [0.2, 0.25) is 0 Å². The number of ether oxygens (including phenoxy) is 1. The van der Waals surface area contributed by atoms with Crippen molar-refractivity contribution in [3.05, 3.63) is 65.5 Å². The van der Waals surface area contributed by atoms with Crippen LogP contribution in [0.1, 0.15) is 27.9 Å². The molecule has 2 fully saturated rings.